The zero-order valence-corrected chi connectivity index (χ0v) is 16.6. The number of aromatic nitrogens is 3. The molecule has 1 fully saturated rings. The number of halogens is 2. The van der Waals surface area contributed by atoms with Gasteiger partial charge in [-0.3, -0.25) is 0 Å². The Balaban J connectivity index is 1.40. The van der Waals surface area contributed by atoms with Gasteiger partial charge < -0.3 is 15.0 Å². The van der Waals surface area contributed by atoms with Gasteiger partial charge in [0, 0.05) is 31.4 Å². The SMILES string of the molecule is O=C(OCc1ccccc1)N1C[C@@H](F)C[C@@H](Nc2nccc(-c3cccnc3F)n2)C1. The van der Waals surface area contributed by atoms with Gasteiger partial charge in [-0.1, -0.05) is 30.3 Å². The van der Waals surface area contributed by atoms with Gasteiger partial charge >= 0.3 is 6.09 Å². The molecule has 2 atom stereocenters. The van der Waals surface area contributed by atoms with Crippen LogP contribution in [0.5, 0.6) is 0 Å². The van der Waals surface area contributed by atoms with Gasteiger partial charge in [-0.15, -0.1) is 0 Å². The normalized spacial score (nSPS) is 18.5. The molecule has 1 amide bonds. The number of nitrogens with zero attached hydrogens (tertiary/aromatic N) is 4. The Morgan fingerprint density at radius 3 is 2.74 bits per heavy atom. The Kier molecular flexibility index (Phi) is 6.30. The fourth-order valence-corrected chi connectivity index (χ4v) is 3.44. The lowest BCUT2D eigenvalue weighted by Gasteiger charge is -2.34. The van der Waals surface area contributed by atoms with Crippen molar-refractivity contribution >= 4 is 12.0 Å². The summed E-state index contributed by atoms with van der Waals surface area (Å²) in [4.78, 5) is 25.8. The summed E-state index contributed by atoms with van der Waals surface area (Å²) in [6, 6.07) is 13.6. The summed E-state index contributed by atoms with van der Waals surface area (Å²) in [6.45, 7) is 0.323. The van der Waals surface area contributed by atoms with Crippen LogP contribution in [0.1, 0.15) is 12.0 Å². The van der Waals surface area contributed by atoms with Gasteiger partial charge in [0.05, 0.1) is 17.8 Å². The van der Waals surface area contributed by atoms with Crippen LogP contribution in [-0.2, 0) is 11.3 Å². The zero-order valence-electron chi connectivity index (χ0n) is 16.6. The quantitative estimate of drug-likeness (QED) is 0.626. The van der Waals surface area contributed by atoms with Crippen LogP contribution >= 0.6 is 0 Å². The maximum atomic E-state index is 14.3. The molecular formula is C22H21F2N5O2. The first kappa shape index (κ1) is 20.6. The Hall–Kier alpha value is -3.62. The first-order chi connectivity index (χ1) is 15.1. The van der Waals surface area contributed by atoms with E-state index in [0.717, 1.165) is 5.56 Å². The molecule has 1 aromatic carbocycles. The van der Waals surface area contributed by atoms with E-state index >= 15 is 0 Å². The number of nitrogens with one attached hydrogen (secondary N) is 1. The number of piperidine rings is 1. The van der Waals surface area contributed by atoms with Crippen molar-refractivity contribution in [3.8, 4) is 11.3 Å². The molecule has 9 heteroatoms. The molecule has 1 aliphatic heterocycles. The Bertz CT molecular complexity index is 1040. The topological polar surface area (TPSA) is 80.2 Å². The summed E-state index contributed by atoms with van der Waals surface area (Å²) in [6.07, 6.45) is 1.24. The monoisotopic (exact) mass is 425 g/mol. The van der Waals surface area contributed by atoms with Gasteiger partial charge in [-0.25, -0.2) is 24.1 Å². The van der Waals surface area contributed by atoms with Crippen LogP contribution in [0.25, 0.3) is 11.3 Å². The number of likely N-dealkylation sites (tertiary alicyclic amines) is 1. The second kappa shape index (κ2) is 9.46. The largest absolute Gasteiger partial charge is 0.445 e. The number of amides is 1. The number of benzene rings is 1. The third-order valence-electron chi connectivity index (χ3n) is 4.89. The van der Waals surface area contributed by atoms with Crippen molar-refractivity contribution in [3.63, 3.8) is 0 Å². The fraction of sp³-hybridized carbons (Fsp3) is 0.273. The molecule has 0 spiro atoms. The molecule has 160 valence electrons. The van der Waals surface area contributed by atoms with Crippen molar-refractivity contribution < 1.29 is 18.3 Å². The summed E-state index contributed by atoms with van der Waals surface area (Å²) in [5.74, 6) is -0.418. The number of carbonyl (C=O) groups is 1. The lowest BCUT2D eigenvalue weighted by atomic mass is 10.0. The minimum Gasteiger partial charge on any atom is -0.445 e. The Morgan fingerprint density at radius 2 is 1.94 bits per heavy atom. The van der Waals surface area contributed by atoms with Gasteiger partial charge in [0.15, 0.2) is 0 Å². The van der Waals surface area contributed by atoms with Crippen LogP contribution in [0.3, 0.4) is 0 Å². The third-order valence-corrected chi connectivity index (χ3v) is 4.89. The molecule has 1 aliphatic rings. The average molecular weight is 425 g/mol. The molecule has 2 aromatic heterocycles. The van der Waals surface area contributed by atoms with Crippen LogP contribution in [0.2, 0.25) is 0 Å². The molecule has 0 unspecified atom stereocenters. The highest BCUT2D eigenvalue weighted by Gasteiger charge is 2.31. The third kappa shape index (κ3) is 5.30. The van der Waals surface area contributed by atoms with Crippen LogP contribution in [0.4, 0.5) is 19.5 Å². The second-order valence-electron chi connectivity index (χ2n) is 7.23. The standard InChI is InChI=1S/C22H21F2N5O2/c23-16-11-17(13-29(12-16)22(30)31-14-15-5-2-1-3-6-15)27-21-26-10-8-19(28-21)18-7-4-9-25-20(18)24/h1-10,16-17H,11-14H2,(H,26,27,28)/t16-,17+/m0/s1. The highest BCUT2D eigenvalue weighted by Crippen LogP contribution is 2.22. The summed E-state index contributed by atoms with van der Waals surface area (Å²) in [5.41, 5.74) is 1.45. The molecule has 0 saturated carbocycles. The van der Waals surface area contributed by atoms with Crippen molar-refractivity contribution in [2.24, 2.45) is 0 Å². The summed E-state index contributed by atoms with van der Waals surface area (Å²) in [5, 5.41) is 3.05. The van der Waals surface area contributed by atoms with E-state index in [4.69, 9.17) is 4.74 Å². The van der Waals surface area contributed by atoms with E-state index in [0.29, 0.717) is 5.69 Å². The average Bonchev–Trinajstić information content (AvgIpc) is 2.78. The smallest absolute Gasteiger partial charge is 0.410 e. The number of pyridine rings is 1. The first-order valence-corrected chi connectivity index (χ1v) is 9.88. The summed E-state index contributed by atoms with van der Waals surface area (Å²) >= 11 is 0. The van der Waals surface area contributed by atoms with E-state index in [-0.39, 0.29) is 37.6 Å². The van der Waals surface area contributed by atoms with Crippen molar-refractivity contribution in [2.75, 3.05) is 18.4 Å². The van der Waals surface area contributed by atoms with Crippen molar-refractivity contribution in [3.05, 3.63) is 72.4 Å². The molecule has 0 radical (unpaired) electrons. The van der Waals surface area contributed by atoms with Crippen LogP contribution < -0.4 is 5.32 Å². The van der Waals surface area contributed by atoms with E-state index in [1.807, 2.05) is 30.3 Å². The number of hydrogen-bond acceptors (Lipinski definition) is 6. The fourth-order valence-electron chi connectivity index (χ4n) is 3.44. The molecular weight excluding hydrogens is 404 g/mol. The van der Waals surface area contributed by atoms with Gasteiger partial charge in [-0.2, -0.15) is 4.39 Å². The van der Waals surface area contributed by atoms with E-state index < -0.39 is 24.3 Å². The number of anilines is 1. The molecule has 1 N–H and O–H groups in total. The van der Waals surface area contributed by atoms with E-state index in [1.165, 1.54) is 17.3 Å². The number of ether oxygens (including phenoxy) is 1. The number of hydrogen-bond donors (Lipinski definition) is 1. The highest BCUT2D eigenvalue weighted by molar-refractivity contribution is 5.68. The Labute approximate surface area is 178 Å². The minimum atomic E-state index is -1.21. The molecule has 0 aliphatic carbocycles. The van der Waals surface area contributed by atoms with Crippen LogP contribution in [0.15, 0.2) is 60.9 Å². The number of carbonyl (C=O) groups excluding carboxylic acids is 1. The second-order valence-corrected chi connectivity index (χ2v) is 7.23. The van der Waals surface area contributed by atoms with Gasteiger partial charge in [0.25, 0.3) is 0 Å². The molecule has 31 heavy (non-hydrogen) atoms. The Morgan fingerprint density at radius 1 is 1.10 bits per heavy atom. The predicted molar refractivity (Wildman–Crippen MR) is 110 cm³/mol. The zero-order chi connectivity index (χ0) is 21.6. The van der Waals surface area contributed by atoms with E-state index in [9.17, 15) is 13.6 Å². The molecule has 4 rings (SSSR count). The molecule has 7 nitrogen and oxygen atoms in total. The van der Waals surface area contributed by atoms with Gasteiger partial charge in [-0.05, 0) is 23.8 Å². The summed E-state index contributed by atoms with van der Waals surface area (Å²) < 4.78 is 33.6. The van der Waals surface area contributed by atoms with Gasteiger partial charge in [0.1, 0.15) is 12.8 Å². The molecule has 3 aromatic rings. The van der Waals surface area contributed by atoms with Crippen molar-refractivity contribution in [1.82, 2.24) is 19.9 Å². The van der Waals surface area contributed by atoms with Crippen molar-refractivity contribution in [1.29, 1.82) is 0 Å². The van der Waals surface area contributed by atoms with Gasteiger partial charge in [0.2, 0.25) is 11.9 Å². The van der Waals surface area contributed by atoms with Crippen LogP contribution in [0, 0.1) is 5.95 Å². The minimum absolute atomic E-state index is 0.0341. The molecule has 1 saturated heterocycles. The van der Waals surface area contributed by atoms with E-state index in [2.05, 4.69) is 20.3 Å². The number of alkyl halides is 1. The molecule has 0 bridgehead atoms. The molecule has 3 heterocycles. The van der Waals surface area contributed by atoms with Crippen molar-refractivity contribution in [2.45, 2.75) is 25.2 Å². The number of rotatable bonds is 5. The first-order valence-electron chi connectivity index (χ1n) is 9.88. The lowest BCUT2D eigenvalue weighted by molar-refractivity contribution is 0.0685. The lowest BCUT2D eigenvalue weighted by Crippen LogP contribution is -2.50. The van der Waals surface area contributed by atoms with Crippen LogP contribution in [-0.4, -0.2) is 51.2 Å². The summed E-state index contributed by atoms with van der Waals surface area (Å²) in [7, 11) is 0. The maximum Gasteiger partial charge on any atom is 0.410 e. The van der Waals surface area contributed by atoms with E-state index in [1.54, 1.807) is 18.2 Å². The highest BCUT2D eigenvalue weighted by atomic mass is 19.1. The predicted octanol–water partition coefficient (Wildman–Crippen LogP) is 3.84. The maximum absolute atomic E-state index is 14.3.